The predicted molar refractivity (Wildman–Crippen MR) is 69.3 cm³/mol. The first-order chi connectivity index (χ1) is 8.33. The van der Waals surface area contributed by atoms with Crippen molar-refractivity contribution in [1.82, 2.24) is 14.2 Å². The maximum absolute atomic E-state index is 4.66. The molecule has 84 valence electrons. The second-order valence-corrected chi connectivity index (χ2v) is 6.77. The van der Waals surface area contributed by atoms with Gasteiger partial charge in [-0.05, 0) is 0 Å². The number of hydrogen-bond donors (Lipinski definition) is 0. The van der Waals surface area contributed by atoms with Crippen LogP contribution in [0.3, 0.4) is 0 Å². The number of benzene rings is 1. The van der Waals surface area contributed by atoms with E-state index in [2.05, 4.69) is 55.2 Å². The Morgan fingerprint density at radius 1 is 1.00 bits per heavy atom. The van der Waals surface area contributed by atoms with Gasteiger partial charge < -0.3 is 0 Å². The molecule has 17 heavy (non-hydrogen) atoms. The molecule has 0 N–H and O–H groups in total. The molecule has 0 fully saturated rings. The minimum absolute atomic E-state index is 0.186. The van der Waals surface area contributed by atoms with Crippen molar-refractivity contribution >= 4 is 29.2 Å². The summed E-state index contributed by atoms with van der Waals surface area (Å²) in [6.45, 7) is 2.10. The van der Waals surface area contributed by atoms with E-state index in [0.29, 0.717) is 14.5 Å². The minimum atomic E-state index is 0.186. The molecule has 3 nitrogen and oxygen atoms in total. The fourth-order valence-corrected chi connectivity index (χ4v) is 4.16. The topological polar surface area (TPSA) is 38.7 Å². The van der Waals surface area contributed by atoms with Gasteiger partial charge in [0.2, 0.25) is 0 Å². The van der Waals surface area contributed by atoms with Crippen molar-refractivity contribution in [3.8, 4) is 21.5 Å². The van der Waals surface area contributed by atoms with Crippen LogP contribution in [-0.4, -0.2) is 43.4 Å². The van der Waals surface area contributed by atoms with Crippen LogP contribution in [0.25, 0.3) is 21.5 Å². The molecule has 0 atom stereocenters. The molecule has 0 aliphatic rings. The van der Waals surface area contributed by atoms with E-state index in [1.165, 1.54) is 15.7 Å². The van der Waals surface area contributed by atoms with Crippen LogP contribution in [0.1, 0.15) is 5.56 Å². The Hall–Kier alpha value is -0.991. The zero-order valence-electron chi connectivity index (χ0n) is 9.12. The standard InChI is InChI=1S/C12H9N3Se2/c1-8-2-4-9(5-3-8)12-13-10(6-16-12)11-7-17-15-14-11/h2-7H,1H3. The van der Waals surface area contributed by atoms with Crippen molar-refractivity contribution < 1.29 is 0 Å². The second kappa shape index (κ2) is 4.71. The summed E-state index contributed by atoms with van der Waals surface area (Å²) in [5, 5.41) is 4.11. The van der Waals surface area contributed by atoms with Crippen molar-refractivity contribution in [1.29, 1.82) is 0 Å². The van der Waals surface area contributed by atoms with Crippen LogP contribution >= 0.6 is 0 Å². The van der Waals surface area contributed by atoms with Crippen LogP contribution < -0.4 is 0 Å². The van der Waals surface area contributed by atoms with E-state index in [4.69, 9.17) is 0 Å². The Balaban J connectivity index is 1.98. The molecule has 1 aromatic carbocycles. The van der Waals surface area contributed by atoms with Crippen LogP contribution in [0.2, 0.25) is 0 Å². The number of aromatic nitrogens is 3. The second-order valence-electron chi connectivity index (χ2n) is 3.69. The van der Waals surface area contributed by atoms with Crippen molar-refractivity contribution in [3.05, 3.63) is 39.7 Å². The molecule has 0 spiro atoms. The van der Waals surface area contributed by atoms with E-state index in [1.807, 2.05) is 0 Å². The Bertz CT molecular complexity index is 612. The molecule has 3 rings (SSSR count). The summed E-state index contributed by atoms with van der Waals surface area (Å²) in [7, 11) is 0. The summed E-state index contributed by atoms with van der Waals surface area (Å²) < 4.78 is 5.19. The van der Waals surface area contributed by atoms with E-state index in [0.717, 1.165) is 11.4 Å². The van der Waals surface area contributed by atoms with Crippen molar-refractivity contribution in [3.63, 3.8) is 0 Å². The average Bonchev–Trinajstić information content (AvgIpc) is 3.00. The maximum atomic E-state index is 4.66. The summed E-state index contributed by atoms with van der Waals surface area (Å²) in [4.78, 5) is 8.93. The van der Waals surface area contributed by atoms with Crippen molar-refractivity contribution in [2.45, 2.75) is 6.92 Å². The summed E-state index contributed by atoms with van der Waals surface area (Å²) in [6.07, 6.45) is 0. The van der Waals surface area contributed by atoms with Crippen molar-refractivity contribution in [2.75, 3.05) is 0 Å². The predicted octanol–water partition coefficient (Wildman–Crippen LogP) is 1.63. The first-order valence-corrected chi connectivity index (χ1v) is 8.73. The summed E-state index contributed by atoms with van der Waals surface area (Å²) >= 11 is 0.502. The van der Waals surface area contributed by atoms with E-state index in [9.17, 15) is 0 Å². The third-order valence-corrected chi connectivity index (χ3v) is 5.35. The third kappa shape index (κ3) is 2.33. The van der Waals surface area contributed by atoms with Crippen molar-refractivity contribution in [2.24, 2.45) is 0 Å². The van der Waals surface area contributed by atoms with Gasteiger partial charge in [0, 0.05) is 0 Å². The van der Waals surface area contributed by atoms with Gasteiger partial charge in [0.05, 0.1) is 0 Å². The molecule has 0 bridgehead atoms. The first kappa shape index (κ1) is 11.1. The Kier molecular flexibility index (Phi) is 3.08. The Labute approximate surface area is 111 Å². The molecular weight excluding hydrogens is 344 g/mol. The quantitative estimate of drug-likeness (QED) is 0.658. The molecule has 0 amide bonds. The van der Waals surface area contributed by atoms with Gasteiger partial charge in [-0.3, -0.25) is 0 Å². The number of rotatable bonds is 2. The number of hydrogen-bond acceptors (Lipinski definition) is 3. The number of nitrogens with zero attached hydrogens (tertiary/aromatic N) is 3. The normalized spacial score (nSPS) is 10.6. The summed E-state index contributed by atoms with van der Waals surface area (Å²) in [5.41, 5.74) is 4.46. The fraction of sp³-hybridized carbons (Fsp3) is 0.0833. The van der Waals surface area contributed by atoms with Gasteiger partial charge in [-0.2, -0.15) is 0 Å². The molecule has 0 saturated carbocycles. The van der Waals surface area contributed by atoms with Gasteiger partial charge in [0.1, 0.15) is 0 Å². The summed E-state index contributed by atoms with van der Waals surface area (Å²) in [5.74, 6) is 0. The zero-order valence-corrected chi connectivity index (χ0v) is 12.5. The van der Waals surface area contributed by atoms with Gasteiger partial charge in [0.25, 0.3) is 0 Å². The van der Waals surface area contributed by atoms with E-state index >= 15 is 0 Å². The molecule has 0 radical (unpaired) electrons. The van der Waals surface area contributed by atoms with Gasteiger partial charge in [-0.1, -0.05) is 0 Å². The van der Waals surface area contributed by atoms with E-state index in [1.54, 1.807) is 0 Å². The molecular formula is C12H9N3Se2. The molecule has 0 aliphatic heterocycles. The van der Waals surface area contributed by atoms with Gasteiger partial charge in [0.15, 0.2) is 0 Å². The molecule has 2 aromatic heterocycles. The monoisotopic (exact) mass is 355 g/mol. The van der Waals surface area contributed by atoms with Gasteiger partial charge in [-0.15, -0.1) is 0 Å². The van der Waals surface area contributed by atoms with Crippen LogP contribution in [0.15, 0.2) is 34.1 Å². The molecule has 0 saturated heterocycles. The molecule has 3 aromatic rings. The fourth-order valence-electron chi connectivity index (χ4n) is 1.50. The molecule has 0 unspecified atom stereocenters. The average molecular weight is 353 g/mol. The summed E-state index contributed by atoms with van der Waals surface area (Å²) in [6, 6.07) is 8.54. The van der Waals surface area contributed by atoms with Crippen LogP contribution in [-0.2, 0) is 0 Å². The van der Waals surface area contributed by atoms with Gasteiger partial charge in [-0.25, -0.2) is 0 Å². The Morgan fingerprint density at radius 3 is 2.53 bits per heavy atom. The SMILES string of the molecule is Cc1ccc(-c2nc(-c3c[se]nn3)c[se]2)cc1. The van der Waals surface area contributed by atoms with Crippen LogP contribution in [0, 0.1) is 6.92 Å². The number of aryl methyl sites for hydroxylation is 1. The first-order valence-electron chi connectivity index (χ1n) is 5.13. The van der Waals surface area contributed by atoms with E-state index in [-0.39, 0.29) is 14.7 Å². The Morgan fingerprint density at radius 2 is 1.82 bits per heavy atom. The zero-order chi connectivity index (χ0) is 11.7. The molecule has 5 heteroatoms. The molecule has 2 heterocycles. The third-order valence-electron chi connectivity index (χ3n) is 2.43. The van der Waals surface area contributed by atoms with E-state index < -0.39 is 0 Å². The molecule has 0 aliphatic carbocycles. The van der Waals surface area contributed by atoms with Crippen LogP contribution in [0.4, 0.5) is 0 Å². The van der Waals surface area contributed by atoms with Crippen LogP contribution in [0.5, 0.6) is 0 Å². The van der Waals surface area contributed by atoms with Gasteiger partial charge >= 0.3 is 112 Å².